The van der Waals surface area contributed by atoms with Crippen LogP contribution in [0.4, 0.5) is 0 Å². The first-order valence-electron chi connectivity index (χ1n) is 7.98. The number of piperazine rings is 1. The molecular weight excluding hydrogens is 304 g/mol. The van der Waals surface area contributed by atoms with Gasteiger partial charge in [0.2, 0.25) is 11.8 Å². The lowest BCUT2D eigenvalue weighted by molar-refractivity contribution is -0.139. The first kappa shape index (κ1) is 19.2. The largest absolute Gasteiger partial charge is 0.339 e. The Hall–Kier alpha value is -0.850. The van der Waals surface area contributed by atoms with Crippen LogP contribution in [0.1, 0.15) is 26.7 Å². The van der Waals surface area contributed by atoms with E-state index < -0.39 is 0 Å². The molecule has 0 aromatic carbocycles. The van der Waals surface area contributed by atoms with Crippen LogP contribution in [0.2, 0.25) is 0 Å². The summed E-state index contributed by atoms with van der Waals surface area (Å²) in [6, 6.07) is 0.330. The molecule has 2 unspecified atom stereocenters. The number of hydrogen-bond acceptors (Lipinski definition) is 4. The maximum atomic E-state index is 12.4. The molecule has 2 heterocycles. The zero-order chi connectivity index (χ0) is 15.4. The van der Waals surface area contributed by atoms with Gasteiger partial charge in [0, 0.05) is 45.7 Å². The molecule has 0 saturated carbocycles. The van der Waals surface area contributed by atoms with E-state index in [1.54, 1.807) is 11.8 Å². The Labute approximate surface area is 139 Å². The smallest absolute Gasteiger partial charge is 0.236 e. The highest BCUT2D eigenvalue weighted by Gasteiger charge is 2.29. The lowest BCUT2D eigenvalue weighted by Gasteiger charge is -2.40. The van der Waals surface area contributed by atoms with E-state index >= 15 is 0 Å². The molecule has 128 valence electrons. The SMILES string of the molecule is CC(=O)N1CCN(C(=O)CN2CCC(C)CC2CN)CC1.Cl. The summed E-state index contributed by atoms with van der Waals surface area (Å²) in [5, 5.41) is 0. The van der Waals surface area contributed by atoms with Crippen molar-refractivity contribution in [3.8, 4) is 0 Å². The van der Waals surface area contributed by atoms with E-state index in [1.165, 1.54) is 0 Å². The monoisotopic (exact) mass is 332 g/mol. The standard InChI is InChI=1S/C15H28N4O2.ClH/c1-12-3-4-19(14(9-12)10-16)11-15(21)18-7-5-17(6-8-18)13(2)20;/h12,14H,3-11,16H2,1-2H3;1H. The quantitative estimate of drug-likeness (QED) is 0.799. The molecule has 2 aliphatic rings. The van der Waals surface area contributed by atoms with Gasteiger partial charge < -0.3 is 15.5 Å². The number of nitrogens with two attached hydrogens (primary N) is 1. The normalized spacial score (nSPS) is 26.5. The molecular formula is C15H29ClN4O2. The van der Waals surface area contributed by atoms with Crippen LogP contribution < -0.4 is 5.73 Å². The molecule has 0 radical (unpaired) electrons. The summed E-state index contributed by atoms with van der Waals surface area (Å²) in [7, 11) is 0. The minimum absolute atomic E-state index is 0. The first-order chi connectivity index (χ1) is 10.0. The number of carbonyl (C=O) groups excluding carboxylic acids is 2. The molecule has 0 bridgehead atoms. The summed E-state index contributed by atoms with van der Waals surface area (Å²) in [5.74, 6) is 0.963. The van der Waals surface area contributed by atoms with Gasteiger partial charge >= 0.3 is 0 Å². The third kappa shape index (κ3) is 4.83. The molecule has 2 rings (SSSR count). The highest BCUT2D eigenvalue weighted by Crippen LogP contribution is 2.21. The Kier molecular flexibility index (Phi) is 7.59. The summed E-state index contributed by atoms with van der Waals surface area (Å²) < 4.78 is 0. The van der Waals surface area contributed by atoms with Crippen molar-refractivity contribution in [3.63, 3.8) is 0 Å². The van der Waals surface area contributed by atoms with E-state index in [9.17, 15) is 9.59 Å². The summed E-state index contributed by atoms with van der Waals surface area (Å²) in [5.41, 5.74) is 5.85. The van der Waals surface area contributed by atoms with Crippen molar-refractivity contribution < 1.29 is 9.59 Å². The molecule has 2 saturated heterocycles. The molecule has 2 fully saturated rings. The van der Waals surface area contributed by atoms with Crippen molar-refractivity contribution in [2.75, 3.05) is 45.8 Å². The molecule has 6 nitrogen and oxygen atoms in total. The molecule has 0 aromatic heterocycles. The van der Waals surface area contributed by atoms with E-state index in [0.717, 1.165) is 19.4 Å². The molecule has 2 aliphatic heterocycles. The Morgan fingerprint density at radius 3 is 2.23 bits per heavy atom. The second-order valence-corrected chi connectivity index (χ2v) is 6.38. The molecule has 7 heteroatoms. The van der Waals surface area contributed by atoms with Crippen LogP contribution >= 0.6 is 12.4 Å². The fourth-order valence-electron chi connectivity index (χ4n) is 3.30. The predicted molar refractivity (Wildman–Crippen MR) is 88.9 cm³/mol. The van der Waals surface area contributed by atoms with Crippen LogP contribution in [0.5, 0.6) is 0 Å². The van der Waals surface area contributed by atoms with Gasteiger partial charge in [-0.3, -0.25) is 14.5 Å². The van der Waals surface area contributed by atoms with Gasteiger partial charge in [-0.15, -0.1) is 12.4 Å². The molecule has 2 atom stereocenters. The van der Waals surface area contributed by atoms with E-state index in [1.807, 2.05) is 4.90 Å². The number of likely N-dealkylation sites (tertiary alicyclic amines) is 1. The molecule has 0 spiro atoms. The third-order valence-corrected chi connectivity index (χ3v) is 4.79. The van der Waals surface area contributed by atoms with Crippen LogP contribution in [0.3, 0.4) is 0 Å². The number of hydrogen-bond donors (Lipinski definition) is 1. The Bertz CT molecular complexity index is 386. The van der Waals surface area contributed by atoms with E-state index in [2.05, 4.69) is 11.8 Å². The second kappa shape index (κ2) is 8.70. The zero-order valence-electron chi connectivity index (χ0n) is 13.7. The topological polar surface area (TPSA) is 69.9 Å². The van der Waals surface area contributed by atoms with Crippen molar-refractivity contribution >= 4 is 24.2 Å². The van der Waals surface area contributed by atoms with Crippen LogP contribution in [-0.2, 0) is 9.59 Å². The number of rotatable bonds is 3. The molecule has 0 aromatic rings. The molecule has 0 aliphatic carbocycles. The average molecular weight is 333 g/mol. The van der Waals surface area contributed by atoms with Crippen molar-refractivity contribution in [1.29, 1.82) is 0 Å². The highest BCUT2D eigenvalue weighted by atomic mass is 35.5. The van der Waals surface area contributed by atoms with E-state index in [0.29, 0.717) is 51.2 Å². The summed E-state index contributed by atoms with van der Waals surface area (Å²) in [6.07, 6.45) is 2.23. The van der Waals surface area contributed by atoms with Crippen LogP contribution in [-0.4, -0.2) is 78.4 Å². The van der Waals surface area contributed by atoms with Crippen LogP contribution in [0.25, 0.3) is 0 Å². The number of halogens is 1. The van der Waals surface area contributed by atoms with Gasteiger partial charge in [-0.05, 0) is 25.3 Å². The van der Waals surface area contributed by atoms with Gasteiger partial charge in [0.25, 0.3) is 0 Å². The van der Waals surface area contributed by atoms with Crippen LogP contribution in [0.15, 0.2) is 0 Å². The lowest BCUT2D eigenvalue weighted by Crippen LogP contribution is -2.55. The summed E-state index contributed by atoms with van der Waals surface area (Å²) >= 11 is 0. The van der Waals surface area contributed by atoms with Crippen molar-refractivity contribution in [3.05, 3.63) is 0 Å². The average Bonchev–Trinajstić information content (AvgIpc) is 2.49. The van der Waals surface area contributed by atoms with Crippen molar-refractivity contribution in [2.24, 2.45) is 11.7 Å². The molecule has 2 amide bonds. The maximum absolute atomic E-state index is 12.4. The molecule has 2 N–H and O–H groups in total. The Morgan fingerprint density at radius 2 is 1.68 bits per heavy atom. The first-order valence-corrected chi connectivity index (χ1v) is 7.98. The summed E-state index contributed by atoms with van der Waals surface area (Å²) in [6.45, 7) is 8.48. The van der Waals surface area contributed by atoms with Crippen molar-refractivity contribution in [2.45, 2.75) is 32.7 Å². The second-order valence-electron chi connectivity index (χ2n) is 6.38. The van der Waals surface area contributed by atoms with Crippen LogP contribution in [0, 0.1) is 5.92 Å². The Morgan fingerprint density at radius 1 is 1.09 bits per heavy atom. The number of piperidine rings is 1. The van der Waals surface area contributed by atoms with E-state index in [4.69, 9.17) is 5.73 Å². The van der Waals surface area contributed by atoms with Gasteiger partial charge in [0.05, 0.1) is 6.54 Å². The zero-order valence-corrected chi connectivity index (χ0v) is 14.5. The third-order valence-electron chi connectivity index (χ3n) is 4.79. The predicted octanol–water partition coefficient (Wildman–Crippen LogP) is 0.158. The fraction of sp³-hybridized carbons (Fsp3) is 0.867. The minimum Gasteiger partial charge on any atom is -0.339 e. The van der Waals surface area contributed by atoms with Gasteiger partial charge in [0.15, 0.2) is 0 Å². The van der Waals surface area contributed by atoms with Gasteiger partial charge in [-0.2, -0.15) is 0 Å². The molecule has 22 heavy (non-hydrogen) atoms. The van der Waals surface area contributed by atoms with E-state index in [-0.39, 0.29) is 24.2 Å². The van der Waals surface area contributed by atoms with Gasteiger partial charge in [0.1, 0.15) is 0 Å². The minimum atomic E-state index is 0. The lowest BCUT2D eigenvalue weighted by atomic mass is 9.92. The fourth-order valence-corrected chi connectivity index (χ4v) is 3.30. The van der Waals surface area contributed by atoms with Gasteiger partial charge in [-0.1, -0.05) is 6.92 Å². The Balaban J connectivity index is 0.00000242. The highest BCUT2D eigenvalue weighted by molar-refractivity contribution is 5.85. The summed E-state index contributed by atoms with van der Waals surface area (Å²) in [4.78, 5) is 29.6. The maximum Gasteiger partial charge on any atom is 0.236 e. The van der Waals surface area contributed by atoms with Crippen molar-refractivity contribution in [1.82, 2.24) is 14.7 Å². The van der Waals surface area contributed by atoms with Gasteiger partial charge in [-0.25, -0.2) is 0 Å². The number of nitrogens with zero attached hydrogens (tertiary/aromatic N) is 3. The number of amides is 2. The number of carbonyl (C=O) groups is 2.